The fraction of sp³-hybridized carbons (Fsp3) is 0.562. The van der Waals surface area contributed by atoms with Gasteiger partial charge in [0, 0.05) is 13.1 Å². The van der Waals surface area contributed by atoms with E-state index in [2.05, 4.69) is 11.0 Å². The third-order valence-electron chi connectivity index (χ3n) is 3.53. The highest BCUT2D eigenvalue weighted by atomic mass is 16.5. The number of nitrogens with zero attached hydrogens (tertiary/aromatic N) is 2. The predicted octanol–water partition coefficient (Wildman–Crippen LogP) is 2.50. The fourth-order valence-electron chi connectivity index (χ4n) is 2.54. The number of piperidine rings is 1. The number of aliphatic hydroxyl groups excluding tert-OH is 1. The van der Waals surface area contributed by atoms with Crippen LogP contribution in [0.25, 0.3) is 0 Å². The van der Waals surface area contributed by atoms with Crippen LogP contribution >= 0.6 is 0 Å². The van der Waals surface area contributed by atoms with Gasteiger partial charge in [-0.15, -0.1) is 0 Å². The first-order valence-electron chi connectivity index (χ1n) is 7.18. The number of likely N-dealkylation sites (tertiary alicyclic amines) is 1. The zero-order chi connectivity index (χ0) is 14.5. The Hall–Kier alpha value is -1.57. The molecule has 4 heteroatoms. The molecule has 4 nitrogen and oxygen atoms in total. The van der Waals surface area contributed by atoms with Crippen LogP contribution in [-0.2, 0) is 0 Å². The quantitative estimate of drug-likeness (QED) is 0.916. The van der Waals surface area contributed by atoms with Crippen LogP contribution < -0.4 is 4.74 Å². The van der Waals surface area contributed by atoms with E-state index < -0.39 is 0 Å². The molecule has 0 spiro atoms. The summed E-state index contributed by atoms with van der Waals surface area (Å²) in [5.41, 5.74) is 0.960. The molecule has 1 atom stereocenters. The van der Waals surface area contributed by atoms with Gasteiger partial charge in [0.15, 0.2) is 0 Å². The second-order valence-corrected chi connectivity index (χ2v) is 5.54. The zero-order valence-corrected chi connectivity index (χ0v) is 12.1. The minimum Gasteiger partial charge on any atom is -0.491 e. The van der Waals surface area contributed by atoms with Crippen LogP contribution in [-0.4, -0.2) is 35.3 Å². The molecule has 20 heavy (non-hydrogen) atoms. The van der Waals surface area contributed by atoms with Crippen molar-refractivity contribution < 1.29 is 9.84 Å². The molecule has 0 amide bonds. The Balaban J connectivity index is 2.13. The maximum atomic E-state index is 9.57. The number of ether oxygens (including phenoxy) is 1. The normalized spacial score (nSPS) is 18.8. The van der Waals surface area contributed by atoms with Crippen LogP contribution in [0.1, 0.15) is 38.3 Å². The summed E-state index contributed by atoms with van der Waals surface area (Å²) >= 11 is 0. The Morgan fingerprint density at radius 1 is 1.35 bits per heavy atom. The van der Waals surface area contributed by atoms with Gasteiger partial charge in [0.05, 0.1) is 18.3 Å². The van der Waals surface area contributed by atoms with Gasteiger partial charge in [-0.05, 0) is 44.4 Å². The second-order valence-electron chi connectivity index (χ2n) is 5.54. The Morgan fingerprint density at radius 3 is 2.65 bits per heavy atom. The zero-order valence-electron chi connectivity index (χ0n) is 12.1. The largest absolute Gasteiger partial charge is 0.491 e. The number of rotatable bonds is 4. The van der Waals surface area contributed by atoms with Crippen LogP contribution in [0.15, 0.2) is 24.3 Å². The molecule has 1 heterocycles. The van der Waals surface area contributed by atoms with E-state index in [1.807, 2.05) is 38.1 Å². The SMILES string of the molecule is CC(C)Oc1cccc(C(C#N)N2CCC(O)CC2)c1. The summed E-state index contributed by atoms with van der Waals surface area (Å²) in [6, 6.07) is 9.86. The van der Waals surface area contributed by atoms with Crippen LogP contribution in [0.3, 0.4) is 0 Å². The molecule has 2 rings (SSSR count). The first-order chi connectivity index (χ1) is 9.60. The van der Waals surface area contributed by atoms with Crippen molar-refractivity contribution in [2.75, 3.05) is 13.1 Å². The van der Waals surface area contributed by atoms with E-state index in [-0.39, 0.29) is 18.2 Å². The summed E-state index contributed by atoms with van der Waals surface area (Å²) in [5.74, 6) is 0.801. The number of nitriles is 1. The Morgan fingerprint density at radius 2 is 2.05 bits per heavy atom. The summed E-state index contributed by atoms with van der Waals surface area (Å²) in [4.78, 5) is 2.13. The Kier molecular flexibility index (Phi) is 4.99. The van der Waals surface area contributed by atoms with Crippen molar-refractivity contribution in [1.29, 1.82) is 5.26 Å². The molecule has 1 aromatic rings. The standard InChI is InChI=1S/C16H22N2O2/c1-12(2)20-15-5-3-4-13(10-15)16(11-17)18-8-6-14(19)7-9-18/h3-5,10,12,14,16,19H,6-9H2,1-2H3. The highest BCUT2D eigenvalue weighted by molar-refractivity contribution is 5.33. The lowest BCUT2D eigenvalue weighted by Crippen LogP contribution is -2.38. The molecule has 1 aliphatic heterocycles. The van der Waals surface area contributed by atoms with Gasteiger partial charge in [-0.1, -0.05) is 12.1 Å². The number of benzene rings is 1. The molecule has 0 saturated carbocycles. The van der Waals surface area contributed by atoms with E-state index in [0.29, 0.717) is 0 Å². The monoisotopic (exact) mass is 274 g/mol. The molecule has 1 saturated heterocycles. The van der Waals surface area contributed by atoms with E-state index in [0.717, 1.165) is 37.2 Å². The van der Waals surface area contributed by atoms with E-state index >= 15 is 0 Å². The summed E-state index contributed by atoms with van der Waals surface area (Å²) in [6.07, 6.45) is 1.37. The first-order valence-corrected chi connectivity index (χ1v) is 7.18. The number of hydrogen-bond acceptors (Lipinski definition) is 4. The molecule has 1 aliphatic rings. The molecule has 0 radical (unpaired) electrons. The summed E-state index contributed by atoms with van der Waals surface area (Å²) in [5, 5.41) is 19.0. The van der Waals surface area contributed by atoms with Crippen molar-refractivity contribution >= 4 is 0 Å². The van der Waals surface area contributed by atoms with E-state index in [9.17, 15) is 10.4 Å². The average molecular weight is 274 g/mol. The number of aliphatic hydroxyl groups is 1. The minimum absolute atomic E-state index is 0.121. The van der Waals surface area contributed by atoms with Gasteiger partial charge in [-0.25, -0.2) is 0 Å². The van der Waals surface area contributed by atoms with Gasteiger partial charge in [-0.2, -0.15) is 5.26 Å². The molecule has 1 fully saturated rings. The van der Waals surface area contributed by atoms with Gasteiger partial charge in [0.25, 0.3) is 0 Å². The van der Waals surface area contributed by atoms with Crippen molar-refractivity contribution in [3.05, 3.63) is 29.8 Å². The topological polar surface area (TPSA) is 56.5 Å². The lowest BCUT2D eigenvalue weighted by Gasteiger charge is -2.33. The molecule has 1 N–H and O–H groups in total. The van der Waals surface area contributed by atoms with Gasteiger partial charge >= 0.3 is 0 Å². The van der Waals surface area contributed by atoms with Crippen molar-refractivity contribution in [3.63, 3.8) is 0 Å². The third-order valence-corrected chi connectivity index (χ3v) is 3.53. The van der Waals surface area contributed by atoms with Gasteiger partial charge in [0.2, 0.25) is 0 Å². The average Bonchev–Trinajstić information content (AvgIpc) is 2.41. The van der Waals surface area contributed by atoms with Crippen LogP contribution in [0.4, 0.5) is 0 Å². The van der Waals surface area contributed by atoms with Crippen molar-refractivity contribution in [3.8, 4) is 11.8 Å². The van der Waals surface area contributed by atoms with E-state index in [1.165, 1.54) is 0 Å². The van der Waals surface area contributed by atoms with Crippen molar-refractivity contribution in [2.24, 2.45) is 0 Å². The van der Waals surface area contributed by atoms with Gasteiger partial charge in [0.1, 0.15) is 11.8 Å². The molecule has 0 aromatic heterocycles. The van der Waals surface area contributed by atoms with Crippen LogP contribution in [0, 0.1) is 11.3 Å². The molecule has 0 aliphatic carbocycles. The lowest BCUT2D eigenvalue weighted by atomic mass is 10.0. The molecule has 108 valence electrons. The minimum atomic E-state index is -0.266. The van der Waals surface area contributed by atoms with Crippen molar-refractivity contribution in [1.82, 2.24) is 4.90 Å². The molecule has 0 bridgehead atoms. The van der Waals surface area contributed by atoms with Crippen molar-refractivity contribution in [2.45, 2.75) is 44.9 Å². The van der Waals surface area contributed by atoms with Gasteiger partial charge < -0.3 is 9.84 Å². The van der Waals surface area contributed by atoms with E-state index in [4.69, 9.17) is 4.74 Å². The smallest absolute Gasteiger partial charge is 0.123 e. The highest BCUT2D eigenvalue weighted by Crippen LogP contribution is 2.27. The number of hydrogen-bond donors (Lipinski definition) is 1. The Labute approximate surface area is 120 Å². The molecular formula is C16H22N2O2. The Bertz CT molecular complexity index is 474. The van der Waals surface area contributed by atoms with Gasteiger partial charge in [-0.3, -0.25) is 4.90 Å². The second kappa shape index (κ2) is 6.74. The first kappa shape index (κ1) is 14.8. The van der Waals surface area contributed by atoms with Crippen LogP contribution in [0.5, 0.6) is 5.75 Å². The fourth-order valence-corrected chi connectivity index (χ4v) is 2.54. The summed E-state index contributed by atoms with van der Waals surface area (Å²) in [7, 11) is 0. The molecule has 1 aromatic carbocycles. The van der Waals surface area contributed by atoms with E-state index in [1.54, 1.807) is 0 Å². The third kappa shape index (κ3) is 3.72. The summed E-state index contributed by atoms with van der Waals surface area (Å²) in [6.45, 7) is 5.49. The molecule has 1 unspecified atom stereocenters. The molecular weight excluding hydrogens is 252 g/mol. The highest BCUT2D eigenvalue weighted by Gasteiger charge is 2.25. The maximum absolute atomic E-state index is 9.57. The summed E-state index contributed by atoms with van der Waals surface area (Å²) < 4.78 is 5.69. The lowest BCUT2D eigenvalue weighted by molar-refractivity contribution is 0.0715. The predicted molar refractivity (Wildman–Crippen MR) is 77.4 cm³/mol. The maximum Gasteiger partial charge on any atom is 0.123 e. The van der Waals surface area contributed by atoms with Crippen LogP contribution in [0.2, 0.25) is 0 Å².